The SMILES string of the molecule is CC/C(=C(\C1CCC(O)CC1)C1CCC(C2CCN(CCCN3CCN(C4CCC5C(=O)N(C6CCC(=O)NC6=O)C(=O)C5C4)CC3)CC2)CC1)C1CCCCC1. The van der Waals surface area contributed by atoms with Crippen LogP contribution in [0, 0.1) is 41.4 Å². The third kappa shape index (κ3) is 9.44. The number of allylic oxidation sites excluding steroid dienone is 2. The topological polar surface area (TPSA) is 114 Å². The zero-order valence-corrected chi connectivity index (χ0v) is 35.4. The van der Waals surface area contributed by atoms with E-state index in [1.165, 1.54) is 121 Å². The number of aliphatic hydroxyl groups excluding tert-OH is 1. The first-order chi connectivity index (χ1) is 27.8. The van der Waals surface area contributed by atoms with Gasteiger partial charge in [0.2, 0.25) is 23.6 Å². The molecule has 0 radical (unpaired) electrons. The van der Waals surface area contributed by atoms with Crippen LogP contribution in [0.5, 0.6) is 0 Å². The molecule has 4 amide bonds. The largest absolute Gasteiger partial charge is 0.393 e. The smallest absolute Gasteiger partial charge is 0.249 e. The molecule has 318 valence electrons. The van der Waals surface area contributed by atoms with E-state index in [-0.39, 0.29) is 48.5 Å². The number of nitrogens with one attached hydrogen (secondary N) is 1. The number of fused-ring (bicyclic) bond motifs is 1. The Morgan fingerprint density at radius 1 is 0.632 bits per heavy atom. The number of hydrogen-bond donors (Lipinski definition) is 2. The highest BCUT2D eigenvalue weighted by Crippen LogP contribution is 2.48. The predicted molar refractivity (Wildman–Crippen MR) is 222 cm³/mol. The van der Waals surface area contributed by atoms with Crippen molar-refractivity contribution in [2.75, 3.05) is 52.4 Å². The summed E-state index contributed by atoms with van der Waals surface area (Å²) < 4.78 is 0. The Morgan fingerprint density at radius 2 is 1.25 bits per heavy atom. The first kappa shape index (κ1) is 41.6. The zero-order chi connectivity index (χ0) is 39.5. The molecule has 4 saturated heterocycles. The van der Waals surface area contributed by atoms with E-state index >= 15 is 0 Å². The minimum atomic E-state index is -0.836. The highest BCUT2D eigenvalue weighted by molar-refractivity contribution is 6.10. The molecule has 10 heteroatoms. The number of likely N-dealkylation sites (tertiary alicyclic amines) is 2. The molecule has 2 N–H and O–H groups in total. The van der Waals surface area contributed by atoms with Crippen molar-refractivity contribution in [2.45, 2.75) is 166 Å². The van der Waals surface area contributed by atoms with Crippen LogP contribution in [0.3, 0.4) is 0 Å². The molecular formula is C47H75N5O5. The summed E-state index contributed by atoms with van der Waals surface area (Å²) in [6.07, 6.45) is 25.1. The van der Waals surface area contributed by atoms with Crippen LogP contribution in [-0.4, -0.2) is 119 Å². The number of carbonyl (C=O) groups excluding carboxylic acids is 4. The lowest BCUT2D eigenvalue weighted by Crippen LogP contribution is -2.54. The third-order valence-electron chi connectivity index (χ3n) is 16.8. The molecule has 0 bridgehead atoms. The number of imide groups is 2. The molecule has 4 atom stereocenters. The highest BCUT2D eigenvalue weighted by atomic mass is 16.3. The maximum absolute atomic E-state index is 13.5. The van der Waals surface area contributed by atoms with Crippen LogP contribution in [0.25, 0.3) is 0 Å². The summed E-state index contributed by atoms with van der Waals surface area (Å²) in [5.74, 6) is 2.30. The Morgan fingerprint density at radius 3 is 1.89 bits per heavy atom. The fourth-order valence-electron chi connectivity index (χ4n) is 13.6. The maximum atomic E-state index is 13.5. The Kier molecular flexibility index (Phi) is 13.9. The van der Waals surface area contributed by atoms with Gasteiger partial charge in [-0.1, -0.05) is 37.3 Å². The predicted octanol–water partition coefficient (Wildman–Crippen LogP) is 6.31. The van der Waals surface area contributed by atoms with Gasteiger partial charge in [0.25, 0.3) is 0 Å². The van der Waals surface area contributed by atoms with E-state index in [0.717, 1.165) is 81.6 Å². The monoisotopic (exact) mass is 790 g/mol. The van der Waals surface area contributed by atoms with Crippen LogP contribution in [-0.2, 0) is 19.2 Å². The van der Waals surface area contributed by atoms with Gasteiger partial charge in [-0.15, -0.1) is 0 Å². The van der Waals surface area contributed by atoms with Crippen LogP contribution >= 0.6 is 0 Å². The molecule has 0 aromatic carbocycles. The molecule has 0 aromatic heterocycles. The lowest BCUT2D eigenvalue weighted by molar-refractivity contribution is -0.151. The average Bonchev–Trinajstić information content (AvgIpc) is 3.49. The van der Waals surface area contributed by atoms with Crippen LogP contribution in [0.15, 0.2) is 11.1 Å². The van der Waals surface area contributed by atoms with E-state index in [9.17, 15) is 24.3 Å². The number of nitrogens with zero attached hydrogens (tertiary/aromatic N) is 4. The van der Waals surface area contributed by atoms with Gasteiger partial charge in [0, 0.05) is 38.6 Å². The zero-order valence-electron chi connectivity index (χ0n) is 35.4. The maximum Gasteiger partial charge on any atom is 0.249 e. The molecule has 8 fully saturated rings. The second-order valence-corrected chi connectivity index (χ2v) is 19.9. The van der Waals surface area contributed by atoms with Gasteiger partial charge in [-0.2, -0.15) is 0 Å². The first-order valence-corrected chi connectivity index (χ1v) is 24.1. The summed E-state index contributed by atoms with van der Waals surface area (Å²) in [6.45, 7) is 11.5. The lowest BCUT2D eigenvalue weighted by atomic mass is 9.65. The fourth-order valence-corrected chi connectivity index (χ4v) is 13.6. The molecule has 4 saturated carbocycles. The van der Waals surface area contributed by atoms with Crippen molar-refractivity contribution >= 4 is 23.6 Å². The van der Waals surface area contributed by atoms with Gasteiger partial charge in [-0.05, 0) is 171 Å². The van der Waals surface area contributed by atoms with Crippen LogP contribution in [0.1, 0.15) is 148 Å². The van der Waals surface area contributed by atoms with Crippen molar-refractivity contribution in [2.24, 2.45) is 41.4 Å². The summed E-state index contributed by atoms with van der Waals surface area (Å²) in [6, 6.07) is -0.527. The van der Waals surface area contributed by atoms with Gasteiger partial charge in [0.05, 0.1) is 17.9 Å². The number of piperazine rings is 1. The quantitative estimate of drug-likeness (QED) is 0.185. The van der Waals surface area contributed by atoms with Crippen LogP contribution in [0.2, 0.25) is 0 Å². The highest BCUT2D eigenvalue weighted by Gasteiger charge is 2.54. The number of hydrogen-bond acceptors (Lipinski definition) is 8. The van der Waals surface area contributed by atoms with Gasteiger partial charge >= 0.3 is 0 Å². The van der Waals surface area contributed by atoms with Crippen molar-refractivity contribution in [3.63, 3.8) is 0 Å². The van der Waals surface area contributed by atoms with Crippen molar-refractivity contribution in [3.8, 4) is 0 Å². The molecule has 8 rings (SSSR count). The molecule has 4 unspecified atom stereocenters. The summed E-state index contributed by atoms with van der Waals surface area (Å²) in [5.41, 5.74) is 3.79. The number of rotatable bonds is 11. The molecule has 0 aromatic rings. The lowest BCUT2D eigenvalue weighted by Gasteiger charge is -2.43. The van der Waals surface area contributed by atoms with Gasteiger partial charge in [0.15, 0.2) is 0 Å². The van der Waals surface area contributed by atoms with Crippen molar-refractivity contribution < 1.29 is 24.3 Å². The molecule has 57 heavy (non-hydrogen) atoms. The van der Waals surface area contributed by atoms with Crippen LogP contribution < -0.4 is 5.32 Å². The minimum absolute atomic E-state index is 0.0672. The van der Waals surface area contributed by atoms with Gasteiger partial charge in [-0.3, -0.25) is 34.3 Å². The summed E-state index contributed by atoms with van der Waals surface area (Å²) in [5, 5.41) is 12.7. The Hall–Kier alpha value is -2.14. The van der Waals surface area contributed by atoms with E-state index in [2.05, 4.69) is 26.9 Å². The summed E-state index contributed by atoms with van der Waals surface area (Å²) >= 11 is 0. The Bertz CT molecular complexity index is 1450. The average molecular weight is 790 g/mol. The fraction of sp³-hybridized carbons (Fsp3) is 0.872. The van der Waals surface area contributed by atoms with Gasteiger partial charge in [0.1, 0.15) is 6.04 Å². The molecule has 8 aliphatic rings. The van der Waals surface area contributed by atoms with E-state index in [1.807, 2.05) is 11.1 Å². The molecular weight excluding hydrogens is 715 g/mol. The van der Waals surface area contributed by atoms with Crippen molar-refractivity contribution in [1.29, 1.82) is 0 Å². The number of piperidine rings is 2. The first-order valence-electron chi connectivity index (χ1n) is 24.1. The van der Waals surface area contributed by atoms with E-state index in [4.69, 9.17) is 0 Å². The van der Waals surface area contributed by atoms with Gasteiger partial charge in [-0.25, -0.2) is 0 Å². The molecule has 4 heterocycles. The molecule has 4 aliphatic heterocycles. The van der Waals surface area contributed by atoms with Crippen LogP contribution in [0.4, 0.5) is 0 Å². The number of aliphatic hydroxyl groups is 1. The second kappa shape index (κ2) is 19.1. The third-order valence-corrected chi connectivity index (χ3v) is 16.8. The molecule has 0 spiro atoms. The second-order valence-electron chi connectivity index (χ2n) is 19.9. The standard InChI is InChI=1S/C47H75N5O5/c1-2-39(34-7-4-3-5-8-34)44(36-13-16-38(53)17-14-36)35-11-9-32(10-12-35)33-21-25-49(26-22-33)23-6-24-50-27-29-51(30-28-50)37-15-18-40-41(31-37)47(57)52(46(40)56)42-19-20-43(54)48-45(42)55/h32-38,40-42,53H,2-31H2,1H3,(H,48,54,55)/b44-39+. The Balaban J connectivity index is 0.738. The summed E-state index contributed by atoms with van der Waals surface area (Å²) in [7, 11) is 0. The van der Waals surface area contributed by atoms with Crippen molar-refractivity contribution in [3.05, 3.63) is 11.1 Å². The molecule has 4 aliphatic carbocycles. The number of carbonyl (C=O) groups is 4. The van der Waals surface area contributed by atoms with Gasteiger partial charge < -0.3 is 14.9 Å². The van der Waals surface area contributed by atoms with E-state index < -0.39 is 11.9 Å². The van der Waals surface area contributed by atoms with E-state index in [0.29, 0.717) is 18.9 Å². The van der Waals surface area contributed by atoms with E-state index in [1.54, 1.807) is 0 Å². The molecule has 10 nitrogen and oxygen atoms in total. The normalized spacial score (nSPS) is 36.6. The number of amides is 4. The minimum Gasteiger partial charge on any atom is -0.393 e. The summed E-state index contributed by atoms with van der Waals surface area (Å²) in [4.78, 5) is 60.0. The Labute approximate surface area is 343 Å². The van der Waals surface area contributed by atoms with Crippen molar-refractivity contribution in [1.82, 2.24) is 24.9 Å².